The lowest BCUT2D eigenvalue weighted by Crippen LogP contribution is -2.65. The number of nitrogens with one attached hydrogen (secondary N) is 2. The van der Waals surface area contributed by atoms with E-state index in [4.69, 9.17) is 9.31 Å². The second kappa shape index (κ2) is 11.3. The number of hydrogen-bond acceptors (Lipinski definition) is 6. The van der Waals surface area contributed by atoms with Crippen LogP contribution in [0, 0.1) is 23.2 Å². The third-order valence-electron chi connectivity index (χ3n) is 9.23. The molecule has 0 unspecified atom stereocenters. The first-order chi connectivity index (χ1) is 17.9. The van der Waals surface area contributed by atoms with E-state index in [9.17, 15) is 14.7 Å². The monoisotopic (exact) mass is 527 g/mol. The Morgan fingerprint density at radius 2 is 1.92 bits per heavy atom. The summed E-state index contributed by atoms with van der Waals surface area (Å²) in [6.07, 6.45) is 4.49. The van der Waals surface area contributed by atoms with Crippen LogP contribution in [0.2, 0.25) is 0 Å². The minimum absolute atomic E-state index is 0.00848. The molecule has 4 fully saturated rings. The maximum atomic E-state index is 13.5. The zero-order valence-electron chi connectivity index (χ0n) is 24.1. The molecule has 1 aromatic rings. The number of rotatable bonds is 11. The van der Waals surface area contributed by atoms with Crippen molar-refractivity contribution in [3.8, 4) is 0 Å². The summed E-state index contributed by atoms with van der Waals surface area (Å²) < 4.78 is 13.1. The van der Waals surface area contributed by atoms with Gasteiger partial charge in [-0.25, -0.2) is 4.98 Å². The third-order valence-corrected chi connectivity index (χ3v) is 9.23. The van der Waals surface area contributed by atoms with Gasteiger partial charge in [0.25, 0.3) is 5.91 Å². The van der Waals surface area contributed by atoms with Crippen molar-refractivity contribution in [1.82, 2.24) is 15.6 Å². The zero-order valence-corrected chi connectivity index (χ0v) is 24.1. The van der Waals surface area contributed by atoms with Crippen molar-refractivity contribution in [2.24, 2.45) is 23.2 Å². The smallest absolute Gasteiger partial charge is 0.404 e. The number of aromatic nitrogens is 1. The molecular weight excluding hydrogens is 481 g/mol. The van der Waals surface area contributed by atoms with E-state index in [0.717, 1.165) is 37.8 Å². The van der Waals surface area contributed by atoms with Crippen molar-refractivity contribution in [1.29, 1.82) is 0 Å². The van der Waals surface area contributed by atoms with E-state index in [1.807, 2.05) is 6.07 Å². The number of carbonyl (C=O) groups excluding carboxylic acids is 2. The van der Waals surface area contributed by atoms with Gasteiger partial charge in [0, 0.05) is 5.69 Å². The first kappa shape index (κ1) is 29.0. The van der Waals surface area contributed by atoms with Crippen molar-refractivity contribution < 1.29 is 24.0 Å². The van der Waals surface area contributed by atoms with Gasteiger partial charge >= 0.3 is 7.12 Å². The van der Waals surface area contributed by atoms with Crippen LogP contribution in [0.1, 0.15) is 96.8 Å². The zero-order chi connectivity index (χ0) is 27.8. The van der Waals surface area contributed by atoms with Crippen LogP contribution in [-0.2, 0) is 20.5 Å². The summed E-state index contributed by atoms with van der Waals surface area (Å²) in [6, 6.07) is 4.18. The van der Waals surface area contributed by atoms with Crippen LogP contribution in [0.3, 0.4) is 0 Å². The van der Waals surface area contributed by atoms with E-state index in [1.54, 1.807) is 12.1 Å². The van der Waals surface area contributed by atoms with Gasteiger partial charge in [0.1, 0.15) is 11.7 Å². The maximum absolute atomic E-state index is 13.5. The number of aryl methyl sites for hydroxylation is 1. The molecule has 9 heteroatoms. The molecule has 1 aromatic heterocycles. The Morgan fingerprint density at radius 3 is 2.55 bits per heavy atom. The van der Waals surface area contributed by atoms with E-state index in [0.29, 0.717) is 18.3 Å². The summed E-state index contributed by atoms with van der Waals surface area (Å²) in [7, 11) is -0.575. The molecule has 2 bridgehead atoms. The van der Waals surface area contributed by atoms with Crippen molar-refractivity contribution in [2.75, 3.05) is 0 Å². The number of unbranched alkanes of at least 4 members (excludes halogenated alkanes) is 1. The van der Waals surface area contributed by atoms with Gasteiger partial charge in [-0.2, -0.15) is 0 Å². The second-order valence-electron chi connectivity index (χ2n) is 12.9. The highest BCUT2D eigenvalue weighted by atomic mass is 16.7. The van der Waals surface area contributed by atoms with Crippen LogP contribution in [0.15, 0.2) is 18.2 Å². The van der Waals surface area contributed by atoms with Gasteiger partial charge in [-0.15, -0.1) is 0 Å². The molecule has 0 aromatic carbocycles. The predicted octanol–water partition coefficient (Wildman–Crippen LogP) is 3.70. The summed E-state index contributed by atoms with van der Waals surface area (Å²) in [4.78, 5) is 30.9. The van der Waals surface area contributed by atoms with Crippen molar-refractivity contribution in [3.63, 3.8) is 0 Å². The molecule has 3 N–H and O–H groups in total. The molecule has 0 radical (unpaired) electrons. The molecule has 4 aliphatic rings. The SMILES string of the molecule is CCCCc1cccc(C(=O)N[C@H](C(=O)N[C@@H](CC(C)C)B2O[C@@H]3C[C@H]4C[C@@H](C4(C)C)[C@]3(C)O2)[C@@H](C)O)n1. The Balaban J connectivity index is 1.45. The highest BCUT2D eigenvalue weighted by molar-refractivity contribution is 6.48. The van der Waals surface area contributed by atoms with Crippen molar-refractivity contribution in [2.45, 2.75) is 117 Å². The highest BCUT2D eigenvalue weighted by Gasteiger charge is 2.68. The largest absolute Gasteiger partial charge is 0.481 e. The molecule has 1 aliphatic heterocycles. The van der Waals surface area contributed by atoms with Gasteiger partial charge in [-0.1, -0.05) is 47.1 Å². The lowest BCUT2D eigenvalue weighted by molar-refractivity contribution is -0.199. The summed E-state index contributed by atoms with van der Waals surface area (Å²) in [5.74, 6) is -0.0162. The molecule has 7 atom stereocenters. The quantitative estimate of drug-likeness (QED) is 0.379. The van der Waals surface area contributed by atoms with E-state index in [-0.39, 0.29) is 28.7 Å². The Hall–Kier alpha value is -1.97. The van der Waals surface area contributed by atoms with E-state index >= 15 is 0 Å². The molecule has 0 spiro atoms. The Morgan fingerprint density at radius 1 is 1.18 bits per heavy atom. The molecule has 3 aliphatic carbocycles. The van der Waals surface area contributed by atoms with Crippen LogP contribution < -0.4 is 10.6 Å². The molecule has 2 heterocycles. The summed E-state index contributed by atoms with van der Waals surface area (Å²) in [5, 5.41) is 16.2. The molecule has 2 amide bonds. The fourth-order valence-electron chi connectivity index (χ4n) is 6.81. The molecular formula is C29H46BN3O5. The molecule has 210 valence electrons. The van der Waals surface area contributed by atoms with Gasteiger partial charge in [0.15, 0.2) is 0 Å². The first-order valence-electron chi connectivity index (χ1n) is 14.4. The number of amides is 2. The second-order valence-corrected chi connectivity index (χ2v) is 12.9. The fourth-order valence-corrected chi connectivity index (χ4v) is 6.81. The van der Waals surface area contributed by atoms with Gasteiger partial charge in [0.2, 0.25) is 5.91 Å². The first-order valence-corrected chi connectivity index (χ1v) is 14.4. The van der Waals surface area contributed by atoms with Crippen LogP contribution in [-0.4, -0.2) is 58.8 Å². The number of aliphatic hydroxyl groups is 1. The molecule has 8 nitrogen and oxygen atoms in total. The molecule has 1 saturated heterocycles. The number of carbonyl (C=O) groups is 2. The van der Waals surface area contributed by atoms with Crippen LogP contribution in [0.5, 0.6) is 0 Å². The Labute approximate surface area is 228 Å². The van der Waals surface area contributed by atoms with E-state index in [1.165, 1.54) is 6.92 Å². The van der Waals surface area contributed by atoms with E-state index in [2.05, 4.69) is 57.2 Å². The minimum atomic E-state index is -1.13. The van der Waals surface area contributed by atoms with Gasteiger partial charge in [-0.05, 0) is 81.3 Å². The third kappa shape index (κ3) is 5.66. The number of pyridine rings is 1. The highest BCUT2D eigenvalue weighted by Crippen LogP contribution is 2.65. The minimum Gasteiger partial charge on any atom is -0.404 e. The normalized spacial score (nSPS) is 29.7. The lowest BCUT2D eigenvalue weighted by atomic mass is 9.43. The lowest BCUT2D eigenvalue weighted by Gasteiger charge is -2.64. The number of hydrogen-bond donors (Lipinski definition) is 3. The number of aliphatic hydroxyl groups excluding tert-OH is 1. The Kier molecular flexibility index (Phi) is 8.60. The van der Waals surface area contributed by atoms with Crippen LogP contribution >= 0.6 is 0 Å². The standard InChI is InChI=1S/C29H46BN3O5/c1-8-9-11-20-12-10-13-21(31-20)26(35)33-25(18(4)34)27(36)32-24(14-17(2)3)30-37-23-16-19-15-22(28(19,5)6)29(23,7)38-30/h10,12-13,17-19,22-25,34H,8-9,11,14-16H2,1-7H3,(H,32,36)(H,33,35)/t18-,19-,22+,23-,24+,25+,29+/m1/s1. The predicted molar refractivity (Wildman–Crippen MR) is 147 cm³/mol. The van der Waals surface area contributed by atoms with Gasteiger partial charge in [-0.3, -0.25) is 9.59 Å². The topological polar surface area (TPSA) is 110 Å². The maximum Gasteiger partial charge on any atom is 0.481 e. The molecule has 3 saturated carbocycles. The average molecular weight is 528 g/mol. The summed E-state index contributed by atoms with van der Waals surface area (Å²) in [5.41, 5.74) is 0.914. The van der Waals surface area contributed by atoms with Crippen molar-refractivity contribution >= 4 is 18.9 Å². The van der Waals surface area contributed by atoms with E-state index < -0.39 is 37.0 Å². The number of nitrogens with zero attached hydrogens (tertiary/aromatic N) is 1. The van der Waals surface area contributed by atoms with Gasteiger partial charge in [0.05, 0.1) is 23.8 Å². The molecule has 5 rings (SSSR count). The van der Waals surface area contributed by atoms with Crippen LogP contribution in [0.4, 0.5) is 0 Å². The van der Waals surface area contributed by atoms with Crippen molar-refractivity contribution in [3.05, 3.63) is 29.6 Å². The molecule has 38 heavy (non-hydrogen) atoms. The average Bonchev–Trinajstić information content (AvgIpc) is 3.22. The van der Waals surface area contributed by atoms with Crippen LogP contribution in [0.25, 0.3) is 0 Å². The van der Waals surface area contributed by atoms with Gasteiger partial charge < -0.3 is 25.0 Å². The summed E-state index contributed by atoms with van der Waals surface area (Å²) >= 11 is 0. The summed E-state index contributed by atoms with van der Waals surface area (Å²) in [6.45, 7) is 14.6. The fraction of sp³-hybridized carbons (Fsp3) is 0.759. The Bertz CT molecular complexity index is 1020.